The third-order valence-corrected chi connectivity index (χ3v) is 3.19. The number of benzene rings is 2. The monoisotopic (exact) mass is 320 g/mol. The summed E-state index contributed by atoms with van der Waals surface area (Å²) in [7, 11) is 1.54. The zero-order valence-corrected chi connectivity index (χ0v) is 13.4. The van der Waals surface area contributed by atoms with Crippen molar-refractivity contribution in [1.82, 2.24) is 0 Å². The second-order valence-electron chi connectivity index (χ2n) is 4.94. The lowest BCUT2D eigenvalue weighted by molar-refractivity contribution is 0.284. The van der Waals surface area contributed by atoms with E-state index in [2.05, 4.69) is 10.5 Å². The van der Waals surface area contributed by atoms with Crippen LogP contribution in [0.15, 0.2) is 47.6 Å². The Morgan fingerprint density at radius 3 is 2.42 bits per heavy atom. The summed E-state index contributed by atoms with van der Waals surface area (Å²) in [6.45, 7) is 2.46. The quantitative estimate of drug-likeness (QED) is 0.650. The van der Waals surface area contributed by atoms with Gasteiger partial charge in [0.05, 0.1) is 12.8 Å². The van der Waals surface area contributed by atoms with E-state index in [0.29, 0.717) is 23.8 Å². The van der Waals surface area contributed by atoms with Crippen LogP contribution in [0.5, 0.6) is 11.5 Å². The summed E-state index contributed by atoms with van der Waals surface area (Å²) in [5.41, 5.74) is 5.21. The highest BCUT2D eigenvalue weighted by Gasteiger charge is 2.06. The van der Waals surface area contributed by atoms with Crippen LogP contribution in [0.4, 0.5) is 5.69 Å². The Kier molecular flexibility index (Phi) is 5.76. The van der Waals surface area contributed by atoms with Crippen molar-refractivity contribution < 1.29 is 9.47 Å². The van der Waals surface area contributed by atoms with E-state index in [-0.39, 0.29) is 5.71 Å². The molecular formula is C18H16N4O2. The molecule has 0 aliphatic carbocycles. The molecule has 0 fully saturated rings. The van der Waals surface area contributed by atoms with Crippen LogP contribution in [0.1, 0.15) is 11.1 Å². The van der Waals surface area contributed by atoms with Gasteiger partial charge < -0.3 is 9.47 Å². The predicted molar refractivity (Wildman–Crippen MR) is 90.8 cm³/mol. The number of hydrogen-bond acceptors (Lipinski definition) is 6. The minimum Gasteiger partial charge on any atom is -0.493 e. The van der Waals surface area contributed by atoms with Crippen molar-refractivity contribution in [2.24, 2.45) is 5.10 Å². The average Bonchev–Trinajstić information content (AvgIpc) is 2.62. The lowest BCUT2D eigenvalue weighted by Gasteiger charge is -2.12. The van der Waals surface area contributed by atoms with Crippen LogP contribution in [-0.4, -0.2) is 12.8 Å². The normalized spacial score (nSPS) is 9.33. The smallest absolute Gasteiger partial charge is 0.237 e. The number of anilines is 1. The van der Waals surface area contributed by atoms with Crippen molar-refractivity contribution in [2.75, 3.05) is 12.5 Å². The third-order valence-electron chi connectivity index (χ3n) is 3.19. The molecule has 0 saturated carbocycles. The zero-order chi connectivity index (χ0) is 17.4. The molecule has 0 unspecified atom stereocenters. The van der Waals surface area contributed by atoms with Crippen LogP contribution in [-0.2, 0) is 6.61 Å². The summed E-state index contributed by atoms with van der Waals surface area (Å²) in [4.78, 5) is 0. The van der Waals surface area contributed by atoms with E-state index in [0.717, 1.165) is 5.56 Å². The summed E-state index contributed by atoms with van der Waals surface area (Å²) in [6, 6.07) is 16.6. The van der Waals surface area contributed by atoms with E-state index >= 15 is 0 Å². The van der Waals surface area contributed by atoms with E-state index in [1.54, 1.807) is 30.3 Å². The first-order chi connectivity index (χ1) is 11.7. The SMILES string of the molecule is COc1cc(NN=C(C#N)C#N)ccc1OCc1ccc(C)cc1. The number of rotatable bonds is 6. The van der Waals surface area contributed by atoms with Crippen LogP contribution >= 0.6 is 0 Å². The van der Waals surface area contributed by atoms with Crippen molar-refractivity contribution in [2.45, 2.75) is 13.5 Å². The molecule has 0 bridgehead atoms. The lowest BCUT2D eigenvalue weighted by Crippen LogP contribution is -2.00. The molecule has 0 radical (unpaired) electrons. The number of nitrogens with one attached hydrogen (secondary N) is 1. The minimum atomic E-state index is -0.256. The van der Waals surface area contributed by atoms with E-state index < -0.39 is 0 Å². The standard InChI is InChI=1S/C18H16N4O2/c1-13-3-5-14(6-4-13)12-24-17-8-7-15(9-18(17)23-2)21-22-16(10-19)11-20/h3-9,21H,12H2,1-2H3. The highest BCUT2D eigenvalue weighted by atomic mass is 16.5. The summed E-state index contributed by atoms with van der Waals surface area (Å²) in [6.07, 6.45) is 0. The molecule has 120 valence electrons. The van der Waals surface area contributed by atoms with Gasteiger partial charge in [0.15, 0.2) is 11.5 Å². The Morgan fingerprint density at radius 2 is 1.79 bits per heavy atom. The van der Waals surface area contributed by atoms with Crippen molar-refractivity contribution in [3.63, 3.8) is 0 Å². The Hall–Kier alpha value is -3.51. The first-order valence-electron chi connectivity index (χ1n) is 7.16. The van der Waals surface area contributed by atoms with Crippen molar-refractivity contribution >= 4 is 11.4 Å². The molecule has 1 N–H and O–H groups in total. The fourth-order valence-corrected chi connectivity index (χ4v) is 1.90. The second-order valence-corrected chi connectivity index (χ2v) is 4.94. The zero-order valence-electron chi connectivity index (χ0n) is 13.4. The van der Waals surface area contributed by atoms with Gasteiger partial charge in [-0.05, 0) is 24.6 Å². The third kappa shape index (κ3) is 4.49. The Balaban J connectivity index is 2.09. The molecule has 0 aromatic heterocycles. The molecule has 0 aliphatic rings. The van der Waals surface area contributed by atoms with Crippen LogP contribution in [0.25, 0.3) is 0 Å². The average molecular weight is 320 g/mol. The minimum absolute atomic E-state index is 0.256. The Labute approximate surface area is 140 Å². The highest BCUT2D eigenvalue weighted by Crippen LogP contribution is 2.30. The summed E-state index contributed by atoms with van der Waals surface area (Å²) in [5, 5.41) is 21.0. The van der Waals surface area contributed by atoms with Crippen molar-refractivity contribution in [1.29, 1.82) is 10.5 Å². The van der Waals surface area contributed by atoms with Crippen LogP contribution in [0.3, 0.4) is 0 Å². The summed E-state index contributed by atoms with van der Waals surface area (Å²) >= 11 is 0. The van der Waals surface area contributed by atoms with Gasteiger partial charge >= 0.3 is 0 Å². The molecule has 0 aliphatic heterocycles. The van der Waals surface area contributed by atoms with Gasteiger partial charge in [0.25, 0.3) is 0 Å². The molecule has 2 rings (SSSR count). The molecule has 6 heteroatoms. The summed E-state index contributed by atoms with van der Waals surface area (Å²) < 4.78 is 11.1. The van der Waals surface area contributed by atoms with Gasteiger partial charge in [0, 0.05) is 6.07 Å². The van der Waals surface area contributed by atoms with Crippen molar-refractivity contribution in [3.05, 3.63) is 53.6 Å². The maximum Gasteiger partial charge on any atom is 0.237 e. The molecule has 0 atom stereocenters. The van der Waals surface area contributed by atoms with E-state index in [1.807, 2.05) is 31.2 Å². The highest BCUT2D eigenvalue weighted by molar-refractivity contribution is 6.10. The van der Waals surface area contributed by atoms with Gasteiger partial charge in [0.1, 0.15) is 18.7 Å². The number of nitrogens with zero attached hydrogens (tertiary/aromatic N) is 3. The Bertz CT molecular complexity index is 798. The maximum absolute atomic E-state index is 8.66. The maximum atomic E-state index is 8.66. The van der Waals surface area contributed by atoms with Gasteiger partial charge in [-0.15, -0.1) is 0 Å². The largest absolute Gasteiger partial charge is 0.493 e. The summed E-state index contributed by atoms with van der Waals surface area (Å²) in [5.74, 6) is 1.12. The van der Waals surface area contributed by atoms with Crippen LogP contribution in [0, 0.1) is 29.6 Å². The number of hydrazone groups is 1. The molecule has 6 nitrogen and oxygen atoms in total. The second kappa shape index (κ2) is 8.21. The van der Waals surface area contributed by atoms with Gasteiger partial charge in [-0.3, -0.25) is 5.43 Å². The van der Waals surface area contributed by atoms with Crippen molar-refractivity contribution in [3.8, 4) is 23.6 Å². The Morgan fingerprint density at radius 1 is 1.08 bits per heavy atom. The number of hydrogen-bond donors (Lipinski definition) is 1. The topological polar surface area (TPSA) is 90.4 Å². The van der Waals surface area contributed by atoms with E-state index in [1.165, 1.54) is 12.7 Å². The molecular weight excluding hydrogens is 304 g/mol. The fourth-order valence-electron chi connectivity index (χ4n) is 1.90. The molecule has 2 aromatic carbocycles. The molecule has 2 aromatic rings. The van der Waals surface area contributed by atoms with Gasteiger partial charge in [-0.2, -0.15) is 15.6 Å². The molecule has 0 spiro atoms. The number of methoxy groups -OCH3 is 1. The predicted octanol–water partition coefficient (Wildman–Crippen LogP) is 3.40. The number of aryl methyl sites for hydroxylation is 1. The molecule has 24 heavy (non-hydrogen) atoms. The van der Waals surface area contributed by atoms with E-state index in [9.17, 15) is 0 Å². The molecule has 0 saturated heterocycles. The lowest BCUT2D eigenvalue weighted by atomic mass is 10.2. The number of nitriles is 2. The molecule has 0 amide bonds. The van der Waals surface area contributed by atoms with Crippen LogP contribution in [0.2, 0.25) is 0 Å². The first-order valence-corrected chi connectivity index (χ1v) is 7.16. The van der Waals surface area contributed by atoms with Gasteiger partial charge in [0.2, 0.25) is 5.71 Å². The van der Waals surface area contributed by atoms with E-state index in [4.69, 9.17) is 20.0 Å². The number of ether oxygens (including phenoxy) is 2. The van der Waals surface area contributed by atoms with Gasteiger partial charge in [-0.1, -0.05) is 29.8 Å². The fraction of sp³-hybridized carbons (Fsp3) is 0.167. The van der Waals surface area contributed by atoms with Crippen LogP contribution < -0.4 is 14.9 Å². The molecule has 0 heterocycles. The van der Waals surface area contributed by atoms with Gasteiger partial charge in [-0.25, -0.2) is 0 Å². The first kappa shape index (κ1) is 16.9.